The first-order chi connectivity index (χ1) is 13.3. The number of hydrogen-bond donors (Lipinski definition) is 0. The fraction of sp³-hybridized carbons (Fsp3) is 0.421. The molecule has 146 valence electrons. The maximum atomic E-state index is 12.6. The standard InChI is InChI=1S/C19H22N6O3/c1-11-7-12(2)25(20-11)16-5-6-17(26)24(21-16)10-15-8-23(9-15)19(27)18-13(3)22-28-14(18)4/h5-7,15H,8-10H2,1-4H3. The van der Waals surface area contributed by atoms with Crippen LogP contribution < -0.4 is 5.56 Å². The molecule has 0 atom stereocenters. The van der Waals surface area contributed by atoms with E-state index in [2.05, 4.69) is 15.4 Å². The van der Waals surface area contributed by atoms with Crippen LogP contribution in [0.5, 0.6) is 0 Å². The molecule has 1 saturated heterocycles. The van der Waals surface area contributed by atoms with Crippen LogP contribution in [-0.2, 0) is 6.54 Å². The fourth-order valence-electron chi connectivity index (χ4n) is 3.58. The van der Waals surface area contributed by atoms with Gasteiger partial charge in [-0.2, -0.15) is 5.10 Å². The minimum atomic E-state index is -0.166. The van der Waals surface area contributed by atoms with Gasteiger partial charge in [0.15, 0.2) is 5.82 Å². The molecular weight excluding hydrogens is 360 g/mol. The zero-order valence-electron chi connectivity index (χ0n) is 16.3. The van der Waals surface area contributed by atoms with Gasteiger partial charge in [-0.3, -0.25) is 9.59 Å². The highest BCUT2D eigenvalue weighted by atomic mass is 16.5. The normalized spacial score (nSPS) is 14.4. The van der Waals surface area contributed by atoms with Crippen molar-refractivity contribution in [3.63, 3.8) is 0 Å². The SMILES string of the molecule is Cc1cc(C)n(-c2ccc(=O)n(CC3CN(C(=O)c4c(C)noc4C)C3)n2)n1. The van der Waals surface area contributed by atoms with Gasteiger partial charge in [0.25, 0.3) is 11.5 Å². The molecule has 0 saturated carbocycles. The lowest BCUT2D eigenvalue weighted by Gasteiger charge is -2.39. The highest BCUT2D eigenvalue weighted by Crippen LogP contribution is 2.23. The maximum Gasteiger partial charge on any atom is 0.266 e. The predicted octanol–water partition coefficient (Wildman–Crippen LogP) is 1.42. The largest absolute Gasteiger partial charge is 0.361 e. The second kappa shape index (κ2) is 6.74. The maximum absolute atomic E-state index is 12.6. The summed E-state index contributed by atoms with van der Waals surface area (Å²) in [5.41, 5.74) is 2.81. The number of aryl methyl sites for hydroxylation is 4. The third-order valence-corrected chi connectivity index (χ3v) is 5.00. The van der Waals surface area contributed by atoms with Crippen LogP contribution in [0.3, 0.4) is 0 Å². The second-order valence-corrected chi connectivity index (χ2v) is 7.33. The zero-order chi connectivity index (χ0) is 20.0. The number of carbonyl (C=O) groups excluding carboxylic acids is 1. The molecule has 4 heterocycles. The lowest BCUT2D eigenvalue weighted by molar-refractivity contribution is 0.0456. The van der Waals surface area contributed by atoms with Crippen LogP contribution in [0.1, 0.15) is 33.2 Å². The summed E-state index contributed by atoms with van der Waals surface area (Å²) in [6.07, 6.45) is 0. The van der Waals surface area contributed by atoms with Gasteiger partial charge in [0.2, 0.25) is 0 Å². The third kappa shape index (κ3) is 3.12. The highest BCUT2D eigenvalue weighted by molar-refractivity contribution is 5.96. The number of hydrogen-bond acceptors (Lipinski definition) is 6. The summed E-state index contributed by atoms with van der Waals surface area (Å²) >= 11 is 0. The van der Waals surface area contributed by atoms with Crippen molar-refractivity contribution in [3.8, 4) is 5.82 Å². The van der Waals surface area contributed by atoms with Crippen molar-refractivity contribution in [3.05, 3.63) is 57.0 Å². The number of rotatable bonds is 4. The van der Waals surface area contributed by atoms with Crippen molar-refractivity contribution in [1.29, 1.82) is 0 Å². The molecule has 0 aliphatic carbocycles. The number of nitrogens with zero attached hydrogens (tertiary/aromatic N) is 6. The second-order valence-electron chi connectivity index (χ2n) is 7.33. The smallest absolute Gasteiger partial charge is 0.266 e. The van der Waals surface area contributed by atoms with Crippen LogP contribution in [0.4, 0.5) is 0 Å². The van der Waals surface area contributed by atoms with Gasteiger partial charge < -0.3 is 9.42 Å². The summed E-state index contributed by atoms with van der Waals surface area (Å²) in [6.45, 7) is 8.95. The molecule has 0 aromatic carbocycles. The van der Waals surface area contributed by atoms with Crippen LogP contribution in [-0.4, -0.2) is 48.6 Å². The van der Waals surface area contributed by atoms with Gasteiger partial charge in [-0.15, -0.1) is 5.10 Å². The van der Waals surface area contributed by atoms with E-state index in [1.165, 1.54) is 10.7 Å². The van der Waals surface area contributed by atoms with Gasteiger partial charge in [-0.05, 0) is 39.8 Å². The van der Waals surface area contributed by atoms with Crippen molar-refractivity contribution >= 4 is 5.91 Å². The van der Waals surface area contributed by atoms with Crippen molar-refractivity contribution in [2.75, 3.05) is 13.1 Å². The molecule has 1 aliphatic heterocycles. The number of carbonyl (C=O) groups is 1. The summed E-state index contributed by atoms with van der Waals surface area (Å²) in [5.74, 6) is 1.23. The van der Waals surface area contributed by atoms with E-state index in [9.17, 15) is 9.59 Å². The summed E-state index contributed by atoms with van der Waals surface area (Å²) in [4.78, 5) is 26.6. The minimum absolute atomic E-state index is 0.0794. The van der Waals surface area contributed by atoms with E-state index in [0.717, 1.165) is 11.4 Å². The van der Waals surface area contributed by atoms with E-state index < -0.39 is 0 Å². The van der Waals surface area contributed by atoms with Crippen LogP contribution in [0.25, 0.3) is 5.82 Å². The Morgan fingerprint density at radius 1 is 1.18 bits per heavy atom. The molecule has 1 amide bonds. The molecule has 0 N–H and O–H groups in total. The summed E-state index contributed by atoms with van der Waals surface area (Å²) in [5, 5.41) is 12.7. The molecule has 0 spiro atoms. The number of amides is 1. The molecule has 0 unspecified atom stereocenters. The molecule has 3 aromatic heterocycles. The van der Waals surface area contributed by atoms with E-state index in [0.29, 0.717) is 42.5 Å². The predicted molar refractivity (Wildman–Crippen MR) is 100 cm³/mol. The Labute approximate surface area is 161 Å². The highest BCUT2D eigenvalue weighted by Gasteiger charge is 2.34. The van der Waals surface area contributed by atoms with E-state index >= 15 is 0 Å². The first-order valence-electron chi connectivity index (χ1n) is 9.17. The number of likely N-dealkylation sites (tertiary alicyclic amines) is 1. The Morgan fingerprint density at radius 3 is 2.54 bits per heavy atom. The van der Waals surface area contributed by atoms with Crippen molar-refractivity contribution in [1.82, 2.24) is 29.6 Å². The zero-order valence-corrected chi connectivity index (χ0v) is 16.3. The molecule has 3 aromatic rings. The Bertz CT molecular complexity index is 1080. The molecular formula is C19H22N6O3. The monoisotopic (exact) mass is 382 g/mol. The van der Waals surface area contributed by atoms with E-state index in [1.807, 2.05) is 19.9 Å². The summed E-state index contributed by atoms with van der Waals surface area (Å²) < 4.78 is 8.25. The van der Waals surface area contributed by atoms with Gasteiger partial charge in [-0.25, -0.2) is 9.36 Å². The molecule has 0 radical (unpaired) electrons. The summed E-state index contributed by atoms with van der Waals surface area (Å²) in [7, 11) is 0. The van der Waals surface area contributed by atoms with E-state index in [-0.39, 0.29) is 17.4 Å². The average Bonchev–Trinajstić information content (AvgIpc) is 3.12. The van der Waals surface area contributed by atoms with E-state index in [1.54, 1.807) is 29.5 Å². The van der Waals surface area contributed by atoms with Crippen LogP contribution in [0.15, 0.2) is 27.5 Å². The van der Waals surface area contributed by atoms with Gasteiger partial charge >= 0.3 is 0 Å². The summed E-state index contributed by atoms with van der Waals surface area (Å²) in [6, 6.07) is 5.14. The Morgan fingerprint density at radius 2 is 1.93 bits per heavy atom. The van der Waals surface area contributed by atoms with Crippen LogP contribution in [0, 0.1) is 33.6 Å². The van der Waals surface area contributed by atoms with E-state index in [4.69, 9.17) is 4.52 Å². The van der Waals surface area contributed by atoms with Crippen LogP contribution >= 0.6 is 0 Å². The molecule has 1 aliphatic rings. The first kappa shape index (κ1) is 18.1. The fourth-order valence-corrected chi connectivity index (χ4v) is 3.58. The van der Waals surface area contributed by atoms with Gasteiger partial charge in [0.05, 0.1) is 17.9 Å². The number of aromatic nitrogens is 5. The quantitative estimate of drug-likeness (QED) is 0.677. The molecule has 1 fully saturated rings. The molecule has 28 heavy (non-hydrogen) atoms. The van der Waals surface area contributed by atoms with Gasteiger partial charge in [-0.1, -0.05) is 5.16 Å². The molecule has 0 bridgehead atoms. The Balaban J connectivity index is 1.46. The lowest BCUT2D eigenvalue weighted by atomic mass is 9.98. The average molecular weight is 382 g/mol. The molecule has 9 heteroatoms. The van der Waals surface area contributed by atoms with Crippen molar-refractivity contribution in [2.24, 2.45) is 5.92 Å². The van der Waals surface area contributed by atoms with Gasteiger partial charge in [0.1, 0.15) is 11.3 Å². The van der Waals surface area contributed by atoms with Crippen LogP contribution in [0.2, 0.25) is 0 Å². The Kier molecular flexibility index (Phi) is 4.37. The third-order valence-electron chi connectivity index (χ3n) is 5.00. The molecule has 9 nitrogen and oxygen atoms in total. The first-order valence-corrected chi connectivity index (χ1v) is 9.17. The van der Waals surface area contributed by atoms with Crippen molar-refractivity contribution < 1.29 is 9.32 Å². The van der Waals surface area contributed by atoms with Gasteiger partial charge in [0, 0.05) is 30.8 Å². The minimum Gasteiger partial charge on any atom is -0.361 e. The Hall–Kier alpha value is -3.23. The topological polar surface area (TPSA) is 99.1 Å². The lowest BCUT2D eigenvalue weighted by Crippen LogP contribution is -2.52. The van der Waals surface area contributed by atoms with Crippen molar-refractivity contribution in [2.45, 2.75) is 34.2 Å². The molecule has 4 rings (SSSR count).